The number of rotatable bonds is 5. The van der Waals surface area contributed by atoms with Gasteiger partial charge >= 0.3 is 0 Å². The number of aromatic amines is 1. The number of carbonyl (C=O) groups is 1. The summed E-state index contributed by atoms with van der Waals surface area (Å²) in [5.74, 6) is 0.907. The van der Waals surface area contributed by atoms with Gasteiger partial charge in [0.2, 0.25) is 5.95 Å². The van der Waals surface area contributed by atoms with Gasteiger partial charge in [-0.1, -0.05) is 12.1 Å². The molecule has 3 rings (SSSR count). The van der Waals surface area contributed by atoms with Gasteiger partial charge in [0, 0.05) is 17.8 Å². The normalized spacial score (nSPS) is 10.6. The highest BCUT2D eigenvalue weighted by Gasteiger charge is 2.13. The van der Waals surface area contributed by atoms with Crippen molar-refractivity contribution in [3.63, 3.8) is 0 Å². The third kappa shape index (κ3) is 4.15. The standard InChI is InChI=1S/C18H19N5O3/c1-11-5-4-6-14(7-11)26-10-17(25)20-15-8-13(3)22-23(15)18-19-12(2)9-16(24)21-18/h4-9H,10H2,1-3H3,(H,20,25)(H,19,21,24). The minimum atomic E-state index is -0.345. The molecule has 0 aliphatic rings. The van der Waals surface area contributed by atoms with E-state index in [-0.39, 0.29) is 24.0 Å². The van der Waals surface area contributed by atoms with Gasteiger partial charge in [0.15, 0.2) is 6.61 Å². The smallest absolute Gasteiger partial charge is 0.263 e. The molecule has 8 heteroatoms. The molecule has 8 nitrogen and oxygen atoms in total. The van der Waals surface area contributed by atoms with Gasteiger partial charge < -0.3 is 10.1 Å². The molecule has 2 heterocycles. The third-order valence-electron chi connectivity index (χ3n) is 3.52. The summed E-state index contributed by atoms with van der Waals surface area (Å²) in [4.78, 5) is 30.8. The number of aromatic nitrogens is 4. The molecule has 0 unspecified atom stereocenters. The largest absolute Gasteiger partial charge is 0.484 e. The fourth-order valence-corrected chi connectivity index (χ4v) is 2.45. The van der Waals surface area contributed by atoms with Crippen LogP contribution in [0.25, 0.3) is 5.95 Å². The van der Waals surface area contributed by atoms with E-state index in [4.69, 9.17) is 4.74 Å². The van der Waals surface area contributed by atoms with Crippen LogP contribution in [0.4, 0.5) is 5.82 Å². The maximum atomic E-state index is 12.2. The molecule has 2 aromatic heterocycles. The molecule has 134 valence electrons. The van der Waals surface area contributed by atoms with E-state index in [9.17, 15) is 9.59 Å². The molecule has 0 saturated heterocycles. The fraction of sp³-hybridized carbons (Fsp3) is 0.222. The van der Waals surface area contributed by atoms with Crippen molar-refractivity contribution >= 4 is 11.7 Å². The number of nitrogens with one attached hydrogen (secondary N) is 2. The second-order valence-electron chi connectivity index (χ2n) is 5.95. The lowest BCUT2D eigenvalue weighted by Crippen LogP contribution is -2.23. The van der Waals surface area contributed by atoms with Crippen molar-refractivity contribution in [2.75, 3.05) is 11.9 Å². The van der Waals surface area contributed by atoms with Gasteiger partial charge in [0.05, 0.1) is 5.69 Å². The van der Waals surface area contributed by atoms with E-state index in [0.29, 0.717) is 23.0 Å². The monoisotopic (exact) mass is 353 g/mol. The first kappa shape index (κ1) is 17.4. The summed E-state index contributed by atoms with van der Waals surface area (Å²) in [6.07, 6.45) is 0. The Balaban J connectivity index is 1.75. The Morgan fingerprint density at radius 3 is 2.73 bits per heavy atom. The highest BCUT2D eigenvalue weighted by molar-refractivity contribution is 5.91. The Bertz CT molecular complexity index is 1010. The second-order valence-corrected chi connectivity index (χ2v) is 5.95. The number of anilines is 1. The SMILES string of the molecule is Cc1cccc(OCC(=O)Nc2cc(C)nn2-c2nc(C)cc(=O)[nH]2)c1. The predicted octanol–water partition coefficient (Wildman–Crippen LogP) is 1.90. The minimum Gasteiger partial charge on any atom is -0.484 e. The highest BCUT2D eigenvalue weighted by Crippen LogP contribution is 2.15. The summed E-state index contributed by atoms with van der Waals surface area (Å²) in [6, 6.07) is 10.5. The number of amides is 1. The Labute approximate surface area is 149 Å². The van der Waals surface area contributed by atoms with E-state index < -0.39 is 0 Å². The molecule has 1 aromatic carbocycles. The average molecular weight is 353 g/mol. The van der Waals surface area contributed by atoms with Crippen LogP contribution in [0.1, 0.15) is 17.0 Å². The Hall–Kier alpha value is -3.42. The molecule has 3 aromatic rings. The van der Waals surface area contributed by atoms with Crippen LogP contribution < -0.4 is 15.6 Å². The van der Waals surface area contributed by atoms with Crippen molar-refractivity contribution in [3.05, 3.63) is 63.7 Å². The predicted molar refractivity (Wildman–Crippen MR) is 96.8 cm³/mol. The zero-order chi connectivity index (χ0) is 18.7. The van der Waals surface area contributed by atoms with Crippen molar-refractivity contribution in [1.82, 2.24) is 19.7 Å². The van der Waals surface area contributed by atoms with Gasteiger partial charge in [-0.15, -0.1) is 0 Å². The van der Waals surface area contributed by atoms with E-state index in [1.807, 2.05) is 25.1 Å². The van der Waals surface area contributed by atoms with E-state index >= 15 is 0 Å². The minimum absolute atomic E-state index is 0.147. The zero-order valence-corrected chi connectivity index (χ0v) is 14.7. The van der Waals surface area contributed by atoms with Gasteiger partial charge in [-0.05, 0) is 38.5 Å². The van der Waals surface area contributed by atoms with Gasteiger partial charge in [0.1, 0.15) is 11.6 Å². The van der Waals surface area contributed by atoms with E-state index in [1.54, 1.807) is 26.0 Å². The lowest BCUT2D eigenvalue weighted by molar-refractivity contribution is -0.118. The molecule has 26 heavy (non-hydrogen) atoms. The van der Waals surface area contributed by atoms with Crippen LogP contribution >= 0.6 is 0 Å². The molecular formula is C18H19N5O3. The third-order valence-corrected chi connectivity index (χ3v) is 3.52. The molecule has 1 amide bonds. The zero-order valence-electron chi connectivity index (χ0n) is 14.7. The number of nitrogens with zero attached hydrogens (tertiary/aromatic N) is 3. The molecule has 0 fully saturated rings. The summed E-state index contributed by atoms with van der Waals surface area (Å²) in [6.45, 7) is 5.29. The van der Waals surface area contributed by atoms with Crippen LogP contribution in [-0.2, 0) is 4.79 Å². The van der Waals surface area contributed by atoms with Crippen LogP contribution in [0.3, 0.4) is 0 Å². The molecule has 0 spiro atoms. The van der Waals surface area contributed by atoms with Crippen LogP contribution in [0.5, 0.6) is 5.75 Å². The number of benzene rings is 1. The van der Waals surface area contributed by atoms with Crippen LogP contribution in [-0.4, -0.2) is 32.3 Å². The Morgan fingerprint density at radius 2 is 2.00 bits per heavy atom. The lowest BCUT2D eigenvalue weighted by atomic mass is 10.2. The number of aryl methyl sites for hydroxylation is 3. The summed E-state index contributed by atoms with van der Waals surface area (Å²) in [5.41, 5.74) is 1.98. The van der Waals surface area contributed by atoms with Crippen molar-refractivity contribution in [3.8, 4) is 11.7 Å². The maximum Gasteiger partial charge on any atom is 0.263 e. The van der Waals surface area contributed by atoms with Crippen LogP contribution in [0, 0.1) is 20.8 Å². The quantitative estimate of drug-likeness (QED) is 0.729. The molecule has 0 atom stereocenters. The van der Waals surface area contributed by atoms with Gasteiger partial charge in [-0.25, -0.2) is 4.98 Å². The molecule has 0 bridgehead atoms. The van der Waals surface area contributed by atoms with Crippen molar-refractivity contribution < 1.29 is 9.53 Å². The number of carbonyl (C=O) groups excluding carboxylic acids is 1. The first-order valence-corrected chi connectivity index (χ1v) is 8.05. The summed E-state index contributed by atoms with van der Waals surface area (Å²) in [5, 5.41) is 7.00. The first-order valence-electron chi connectivity index (χ1n) is 8.05. The van der Waals surface area contributed by atoms with Gasteiger partial charge in [-0.3, -0.25) is 14.6 Å². The summed E-state index contributed by atoms with van der Waals surface area (Å²) >= 11 is 0. The first-order chi connectivity index (χ1) is 12.4. The fourth-order valence-electron chi connectivity index (χ4n) is 2.45. The van der Waals surface area contributed by atoms with Gasteiger partial charge in [-0.2, -0.15) is 9.78 Å². The number of hydrogen-bond donors (Lipinski definition) is 2. The summed E-state index contributed by atoms with van der Waals surface area (Å²) in [7, 11) is 0. The molecule has 0 saturated carbocycles. The highest BCUT2D eigenvalue weighted by atomic mass is 16.5. The Kier molecular flexibility index (Phi) is 4.83. The number of H-pyrrole nitrogens is 1. The van der Waals surface area contributed by atoms with E-state index in [2.05, 4.69) is 20.4 Å². The molecular weight excluding hydrogens is 334 g/mol. The average Bonchev–Trinajstić information content (AvgIpc) is 2.92. The summed E-state index contributed by atoms with van der Waals surface area (Å²) < 4.78 is 6.88. The lowest BCUT2D eigenvalue weighted by Gasteiger charge is -2.09. The van der Waals surface area contributed by atoms with Crippen molar-refractivity contribution in [2.45, 2.75) is 20.8 Å². The maximum absolute atomic E-state index is 12.2. The van der Waals surface area contributed by atoms with E-state index in [0.717, 1.165) is 5.56 Å². The molecule has 0 aliphatic carbocycles. The van der Waals surface area contributed by atoms with E-state index in [1.165, 1.54) is 10.7 Å². The van der Waals surface area contributed by atoms with Gasteiger partial charge in [0.25, 0.3) is 11.5 Å². The second kappa shape index (κ2) is 7.22. The molecule has 2 N–H and O–H groups in total. The van der Waals surface area contributed by atoms with Crippen molar-refractivity contribution in [2.24, 2.45) is 0 Å². The van der Waals surface area contributed by atoms with Crippen LogP contribution in [0.15, 0.2) is 41.2 Å². The number of hydrogen-bond acceptors (Lipinski definition) is 5. The number of ether oxygens (including phenoxy) is 1. The topological polar surface area (TPSA) is 102 Å². The van der Waals surface area contributed by atoms with Crippen molar-refractivity contribution in [1.29, 1.82) is 0 Å². The van der Waals surface area contributed by atoms with Crippen LogP contribution in [0.2, 0.25) is 0 Å². The molecule has 0 radical (unpaired) electrons. The Morgan fingerprint density at radius 1 is 1.19 bits per heavy atom. The molecule has 0 aliphatic heterocycles.